The SMILES string of the molecule is [C-]#[N+]c1cccc(N=Nc2ccc(O)c(Cc3cc(N=Nc4cccc([N+]#[C-])c4)cc(Cc4cc(N=Nc5cccc([N+]#[C-])c5)cc(Cc5cc(N=Nc6cccc([N+]#[C-])c6)cc(CC)c5O)c4O)c3O)c2)c1. The van der Waals surface area contributed by atoms with Gasteiger partial charge in [-0.2, -0.15) is 40.9 Å². The fraction of sp³-hybridized carbons (Fsp3) is 0.0877. The molecule has 0 saturated heterocycles. The Kier molecular flexibility index (Phi) is 15.1. The van der Waals surface area contributed by atoms with Gasteiger partial charge in [0.15, 0.2) is 22.7 Å². The molecule has 0 spiro atoms. The third-order valence-electron chi connectivity index (χ3n) is 11.3. The molecule has 8 aromatic carbocycles. The number of phenols is 4. The van der Waals surface area contributed by atoms with E-state index in [0.717, 1.165) is 0 Å². The average molecular weight is 957 g/mol. The minimum Gasteiger partial charge on any atom is -0.508 e. The fourth-order valence-electron chi connectivity index (χ4n) is 7.69. The van der Waals surface area contributed by atoms with Crippen LogP contribution in [-0.4, -0.2) is 20.4 Å². The maximum absolute atomic E-state index is 12.2. The third-order valence-corrected chi connectivity index (χ3v) is 11.3. The normalized spacial score (nSPS) is 11.2. The molecule has 0 heterocycles. The highest BCUT2D eigenvalue weighted by molar-refractivity contribution is 5.63. The number of benzene rings is 8. The second-order valence-corrected chi connectivity index (χ2v) is 16.4. The summed E-state index contributed by atoms with van der Waals surface area (Å²) < 4.78 is 0. The Balaban J connectivity index is 1.21. The van der Waals surface area contributed by atoms with Crippen LogP contribution in [0.2, 0.25) is 0 Å². The van der Waals surface area contributed by atoms with Crippen molar-refractivity contribution in [1.29, 1.82) is 0 Å². The van der Waals surface area contributed by atoms with E-state index in [1.807, 2.05) is 6.92 Å². The Bertz CT molecular complexity index is 3720. The van der Waals surface area contributed by atoms with E-state index >= 15 is 0 Å². The molecule has 8 aromatic rings. The summed E-state index contributed by atoms with van der Waals surface area (Å²) in [6.45, 7) is 31.5. The molecule has 16 heteroatoms. The van der Waals surface area contributed by atoms with Gasteiger partial charge in [-0.3, -0.25) is 0 Å². The molecule has 0 radical (unpaired) electrons. The second kappa shape index (κ2) is 22.6. The third kappa shape index (κ3) is 12.3. The molecule has 0 unspecified atom stereocenters. The molecule has 0 aliphatic rings. The Morgan fingerprint density at radius 1 is 0.315 bits per heavy atom. The first-order valence-electron chi connectivity index (χ1n) is 22.4. The van der Waals surface area contributed by atoms with E-state index in [1.54, 1.807) is 146 Å². The lowest BCUT2D eigenvalue weighted by Crippen LogP contribution is -1.99. The summed E-state index contributed by atoms with van der Waals surface area (Å²) in [5.41, 5.74) is 7.54. The standard InChI is InChI=1S/C57H40N12O4/c1-6-35-24-51(67-63-47-16-8-12-43(32-47)59-3)27-38(55(35)71)22-39-28-53(69-65-49-18-10-14-45(34-49)61-5)30-41(57(39)73)23-40-29-52(68-64-48-17-9-13-44(33-48)60-4)26-37(56(40)72)21-36-25-50(19-20-54(36)70)66-62-46-15-7-11-42(31-46)58-2/h7-20,24-34,70-73H,6,21-23H2,1H3. The molecular weight excluding hydrogens is 917 g/mol. The molecule has 0 saturated carbocycles. The molecular formula is C57H40N12O4. The number of hydrogen-bond acceptors (Lipinski definition) is 12. The van der Waals surface area contributed by atoms with Crippen LogP contribution in [0.5, 0.6) is 23.0 Å². The highest BCUT2D eigenvalue weighted by atomic mass is 16.3. The summed E-state index contributed by atoms with van der Waals surface area (Å²) >= 11 is 0. The zero-order chi connectivity index (χ0) is 51.3. The molecule has 73 heavy (non-hydrogen) atoms. The Morgan fingerprint density at radius 3 is 0.890 bits per heavy atom. The number of azo groups is 4. The van der Waals surface area contributed by atoms with Gasteiger partial charge in [-0.25, -0.2) is 19.4 Å². The lowest BCUT2D eigenvalue weighted by Gasteiger charge is -2.16. The van der Waals surface area contributed by atoms with Gasteiger partial charge in [0.25, 0.3) is 0 Å². The van der Waals surface area contributed by atoms with E-state index in [9.17, 15) is 20.4 Å². The molecule has 0 aromatic heterocycles. The van der Waals surface area contributed by atoms with Crippen molar-refractivity contribution in [1.82, 2.24) is 0 Å². The molecule has 4 N–H and O–H groups in total. The van der Waals surface area contributed by atoms with E-state index in [2.05, 4.69) is 60.3 Å². The summed E-state index contributed by atoms with van der Waals surface area (Å²) in [6.07, 6.45) is 0.358. The van der Waals surface area contributed by atoms with Gasteiger partial charge >= 0.3 is 0 Å². The zero-order valence-corrected chi connectivity index (χ0v) is 38.9. The zero-order valence-electron chi connectivity index (χ0n) is 38.9. The first kappa shape index (κ1) is 48.8. The average Bonchev–Trinajstić information content (AvgIpc) is 3.42. The summed E-state index contributed by atoms with van der Waals surface area (Å²) in [6, 6.07) is 41.2. The number of phenolic OH excluding ortho intramolecular Hbond substituents is 4. The van der Waals surface area contributed by atoms with Crippen molar-refractivity contribution in [3.05, 3.63) is 236 Å². The van der Waals surface area contributed by atoms with E-state index in [0.29, 0.717) is 114 Å². The summed E-state index contributed by atoms with van der Waals surface area (Å²) in [5.74, 6) is -0.387. The van der Waals surface area contributed by atoms with E-state index in [4.69, 9.17) is 26.3 Å². The van der Waals surface area contributed by atoms with Crippen LogP contribution in [-0.2, 0) is 25.7 Å². The molecule has 8 rings (SSSR count). The molecule has 0 aliphatic heterocycles. The Labute approximate surface area is 419 Å². The van der Waals surface area contributed by atoms with Gasteiger partial charge in [0.05, 0.1) is 71.8 Å². The molecule has 16 nitrogen and oxygen atoms in total. The Hall–Kier alpha value is -10.7. The van der Waals surface area contributed by atoms with Crippen LogP contribution in [0.4, 0.5) is 68.2 Å². The number of aromatic hydroxyl groups is 4. The Morgan fingerprint density at radius 2 is 0.575 bits per heavy atom. The maximum atomic E-state index is 12.2. The monoisotopic (exact) mass is 956 g/mol. The topological polar surface area (TPSA) is 197 Å². The van der Waals surface area contributed by atoms with Crippen LogP contribution in [0.15, 0.2) is 193 Å². The van der Waals surface area contributed by atoms with Crippen LogP contribution in [0.3, 0.4) is 0 Å². The van der Waals surface area contributed by atoms with Crippen LogP contribution < -0.4 is 0 Å². The largest absolute Gasteiger partial charge is 0.508 e. The van der Waals surface area contributed by atoms with Crippen LogP contribution in [0, 0.1) is 26.3 Å². The van der Waals surface area contributed by atoms with Crippen molar-refractivity contribution in [2.75, 3.05) is 0 Å². The molecule has 0 bridgehead atoms. The predicted octanol–water partition coefficient (Wildman–Crippen LogP) is 17.7. The van der Waals surface area contributed by atoms with Crippen molar-refractivity contribution in [3.8, 4) is 23.0 Å². The highest BCUT2D eigenvalue weighted by Gasteiger charge is 2.20. The van der Waals surface area contributed by atoms with E-state index in [1.165, 1.54) is 6.07 Å². The highest BCUT2D eigenvalue weighted by Crippen LogP contribution is 2.41. The minimum absolute atomic E-state index is 0.00207. The van der Waals surface area contributed by atoms with Gasteiger partial charge in [0.2, 0.25) is 0 Å². The van der Waals surface area contributed by atoms with Gasteiger partial charge in [-0.15, -0.1) is 0 Å². The van der Waals surface area contributed by atoms with Crippen LogP contribution in [0.1, 0.15) is 45.9 Å². The molecule has 0 amide bonds. The van der Waals surface area contributed by atoms with Gasteiger partial charge in [0.1, 0.15) is 23.0 Å². The lowest BCUT2D eigenvalue weighted by molar-refractivity contribution is 0.453. The molecule has 352 valence electrons. The van der Waals surface area contributed by atoms with Gasteiger partial charge in [0, 0.05) is 52.6 Å². The first-order chi connectivity index (χ1) is 35.5. The van der Waals surface area contributed by atoms with Crippen molar-refractivity contribution >= 4 is 68.2 Å². The molecule has 0 atom stereocenters. The number of aryl methyl sites for hydroxylation is 1. The first-order valence-corrected chi connectivity index (χ1v) is 22.4. The van der Waals surface area contributed by atoms with Crippen molar-refractivity contribution in [3.63, 3.8) is 0 Å². The molecule has 0 fully saturated rings. The number of hydrogen-bond donors (Lipinski definition) is 4. The summed E-state index contributed by atoms with van der Waals surface area (Å²) in [7, 11) is 0. The number of rotatable bonds is 15. The van der Waals surface area contributed by atoms with Crippen LogP contribution in [0.25, 0.3) is 19.4 Å². The summed E-state index contributed by atoms with van der Waals surface area (Å²) in [4.78, 5) is 13.9. The maximum Gasteiger partial charge on any atom is 0.189 e. The van der Waals surface area contributed by atoms with Crippen molar-refractivity contribution < 1.29 is 20.4 Å². The molecule has 0 aliphatic carbocycles. The second-order valence-electron chi connectivity index (χ2n) is 16.4. The fourth-order valence-corrected chi connectivity index (χ4v) is 7.69. The minimum atomic E-state index is -0.162. The quantitative estimate of drug-likeness (QED) is 0.0586. The number of nitrogens with zero attached hydrogens (tertiary/aromatic N) is 12. The van der Waals surface area contributed by atoms with Crippen LogP contribution >= 0.6 is 0 Å². The predicted molar refractivity (Wildman–Crippen MR) is 278 cm³/mol. The van der Waals surface area contributed by atoms with E-state index < -0.39 is 0 Å². The summed E-state index contributed by atoms with van der Waals surface area (Å²) in [5, 5.41) is 82.2. The van der Waals surface area contributed by atoms with E-state index in [-0.39, 0.29) is 42.3 Å². The van der Waals surface area contributed by atoms with Crippen molar-refractivity contribution in [2.45, 2.75) is 32.6 Å². The van der Waals surface area contributed by atoms with Gasteiger partial charge < -0.3 is 20.4 Å². The van der Waals surface area contributed by atoms with Gasteiger partial charge in [-0.05, 0) is 115 Å². The van der Waals surface area contributed by atoms with Crippen molar-refractivity contribution in [2.24, 2.45) is 40.9 Å². The smallest absolute Gasteiger partial charge is 0.189 e. The lowest BCUT2D eigenvalue weighted by atomic mass is 9.93. The van der Waals surface area contributed by atoms with Gasteiger partial charge in [-0.1, -0.05) is 55.5 Å².